The third-order valence-corrected chi connectivity index (χ3v) is 5.56. The summed E-state index contributed by atoms with van der Waals surface area (Å²) < 4.78 is 7.20. The predicted molar refractivity (Wildman–Crippen MR) is 115 cm³/mol. The van der Waals surface area contributed by atoms with E-state index in [1.165, 1.54) is 0 Å². The molecule has 0 radical (unpaired) electrons. The molecule has 1 aliphatic heterocycles. The minimum absolute atomic E-state index is 0.0469. The highest BCUT2D eigenvalue weighted by molar-refractivity contribution is 5.99. The molecule has 3 aromatic rings. The molecule has 2 aromatic carbocycles. The number of esters is 1. The van der Waals surface area contributed by atoms with Gasteiger partial charge in [0.1, 0.15) is 5.56 Å². The smallest absolute Gasteiger partial charge is 0.342 e. The highest BCUT2D eigenvalue weighted by Crippen LogP contribution is 2.31. The highest BCUT2D eigenvalue weighted by Gasteiger charge is 2.31. The SMILES string of the molecule is Cc1nn(Cc2ccccc2)c(C)c1C(=O)OCC(=O)N1c2ccccc2CC1C. The number of aromatic nitrogens is 2. The second kappa shape index (κ2) is 8.14. The van der Waals surface area contributed by atoms with E-state index in [-0.39, 0.29) is 18.6 Å². The number of benzene rings is 2. The van der Waals surface area contributed by atoms with E-state index in [0.29, 0.717) is 17.8 Å². The fourth-order valence-corrected chi connectivity index (χ4v) is 4.12. The van der Waals surface area contributed by atoms with Gasteiger partial charge >= 0.3 is 5.97 Å². The zero-order valence-electron chi connectivity index (χ0n) is 17.5. The lowest BCUT2D eigenvalue weighted by molar-refractivity contribution is -0.122. The van der Waals surface area contributed by atoms with Crippen molar-refractivity contribution in [1.29, 1.82) is 0 Å². The van der Waals surface area contributed by atoms with Crippen molar-refractivity contribution in [1.82, 2.24) is 9.78 Å². The van der Waals surface area contributed by atoms with Gasteiger partial charge in [0.2, 0.25) is 0 Å². The molecule has 1 amide bonds. The van der Waals surface area contributed by atoms with Crippen molar-refractivity contribution in [3.8, 4) is 0 Å². The maximum atomic E-state index is 12.8. The maximum absolute atomic E-state index is 12.8. The largest absolute Gasteiger partial charge is 0.452 e. The Morgan fingerprint density at radius 3 is 2.53 bits per heavy atom. The number of carbonyl (C=O) groups is 2. The van der Waals surface area contributed by atoms with Crippen LogP contribution in [-0.4, -0.2) is 34.3 Å². The molecule has 1 aromatic heterocycles. The monoisotopic (exact) mass is 403 g/mol. The lowest BCUT2D eigenvalue weighted by Gasteiger charge is -2.22. The van der Waals surface area contributed by atoms with Gasteiger partial charge in [-0.15, -0.1) is 0 Å². The van der Waals surface area contributed by atoms with Crippen LogP contribution < -0.4 is 4.90 Å². The number of carbonyl (C=O) groups excluding carboxylic acids is 2. The summed E-state index contributed by atoms with van der Waals surface area (Å²) in [6.45, 7) is 5.91. The first-order valence-electron chi connectivity index (χ1n) is 10.1. The van der Waals surface area contributed by atoms with Crippen LogP contribution >= 0.6 is 0 Å². The van der Waals surface area contributed by atoms with E-state index in [1.807, 2.05) is 68.4 Å². The zero-order chi connectivity index (χ0) is 21.3. The van der Waals surface area contributed by atoms with Gasteiger partial charge < -0.3 is 9.64 Å². The van der Waals surface area contributed by atoms with Crippen LogP contribution in [0.2, 0.25) is 0 Å². The van der Waals surface area contributed by atoms with Gasteiger partial charge in [0.25, 0.3) is 5.91 Å². The van der Waals surface area contributed by atoms with E-state index < -0.39 is 5.97 Å². The Bertz CT molecular complexity index is 1090. The number of aryl methyl sites for hydroxylation is 1. The maximum Gasteiger partial charge on any atom is 0.342 e. The van der Waals surface area contributed by atoms with E-state index in [2.05, 4.69) is 5.10 Å². The summed E-state index contributed by atoms with van der Waals surface area (Å²) in [6.07, 6.45) is 0.806. The minimum atomic E-state index is -0.516. The van der Waals surface area contributed by atoms with Crippen LogP contribution in [-0.2, 0) is 22.5 Å². The molecule has 6 heteroatoms. The molecular weight excluding hydrogens is 378 g/mol. The zero-order valence-corrected chi connectivity index (χ0v) is 17.5. The summed E-state index contributed by atoms with van der Waals surface area (Å²) in [5.41, 5.74) is 4.88. The molecule has 1 aliphatic rings. The molecule has 30 heavy (non-hydrogen) atoms. The Morgan fingerprint density at radius 1 is 1.07 bits per heavy atom. The van der Waals surface area contributed by atoms with Gasteiger partial charge in [-0.2, -0.15) is 5.10 Å². The van der Waals surface area contributed by atoms with Gasteiger partial charge in [-0.1, -0.05) is 48.5 Å². The molecule has 0 saturated carbocycles. The molecule has 4 rings (SSSR count). The van der Waals surface area contributed by atoms with Crippen molar-refractivity contribution >= 4 is 17.6 Å². The number of hydrogen-bond acceptors (Lipinski definition) is 4. The molecule has 2 heterocycles. The molecule has 0 fully saturated rings. The molecule has 6 nitrogen and oxygen atoms in total. The minimum Gasteiger partial charge on any atom is -0.452 e. The fraction of sp³-hybridized carbons (Fsp3) is 0.292. The van der Waals surface area contributed by atoms with Crippen molar-refractivity contribution < 1.29 is 14.3 Å². The second-order valence-corrected chi connectivity index (χ2v) is 7.71. The quantitative estimate of drug-likeness (QED) is 0.610. The average molecular weight is 403 g/mol. The fourth-order valence-electron chi connectivity index (χ4n) is 4.12. The summed E-state index contributed by atoms with van der Waals surface area (Å²) in [5, 5.41) is 4.49. The molecule has 154 valence electrons. The first kappa shape index (κ1) is 19.9. The van der Waals surface area contributed by atoms with E-state index in [9.17, 15) is 9.59 Å². The molecular formula is C24H25N3O3. The van der Waals surface area contributed by atoms with Crippen LogP contribution in [0.15, 0.2) is 54.6 Å². The topological polar surface area (TPSA) is 64.4 Å². The van der Waals surface area contributed by atoms with Crippen LogP contribution in [0.1, 0.15) is 39.8 Å². The van der Waals surface area contributed by atoms with Crippen molar-refractivity contribution in [2.45, 2.75) is 39.8 Å². The van der Waals surface area contributed by atoms with Crippen LogP contribution in [0.5, 0.6) is 0 Å². The first-order valence-corrected chi connectivity index (χ1v) is 10.1. The van der Waals surface area contributed by atoms with E-state index >= 15 is 0 Å². The van der Waals surface area contributed by atoms with Gasteiger partial charge in [0.15, 0.2) is 6.61 Å². The van der Waals surface area contributed by atoms with Gasteiger partial charge in [0.05, 0.1) is 17.9 Å². The van der Waals surface area contributed by atoms with E-state index in [4.69, 9.17) is 4.74 Å². The Balaban J connectivity index is 1.45. The summed E-state index contributed by atoms with van der Waals surface area (Å²) >= 11 is 0. The number of para-hydroxylation sites is 1. The number of fused-ring (bicyclic) bond motifs is 1. The predicted octanol–water partition coefficient (Wildman–Crippen LogP) is 3.68. The Morgan fingerprint density at radius 2 is 1.77 bits per heavy atom. The van der Waals surface area contributed by atoms with Crippen LogP contribution in [0.4, 0.5) is 5.69 Å². The Hall–Kier alpha value is -3.41. The summed E-state index contributed by atoms with van der Waals surface area (Å²) in [5.74, 6) is -0.731. The van der Waals surface area contributed by atoms with E-state index in [0.717, 1.165) is 28.9 Å². The summed E-state index contributed by atoms with van der Waals surface area (Å²) in [7, 11) is 0. The summed E-state index contributed by atoms with van der Waals surface area (Å²) in [6, 6.07) is 17.8. The van der Waals surface area contributed by atoms with Gasteiger partial charge in [-0.25, -0.2) is 4.79 Å². The van der Waals surface area contributed by atoms with Gasteiger partial charge in [0, 0.05) is 11.7 Å². The lowest BCUT2D eigenvalue weighted by atomic mass is 10.1. The average Bonchev–Trinajstić information content (AvgIpc) is 3.21. The molecule has 0 bridgehead atoms. The normalized spacial score (nSPS) is 15.2. The second-order valence-electron chi connectivity index (χ2n) is 7.71. The molecule has 0 spiro atoms. The highest BCUT2D eigenvalue weighted by atomic mass is 16.5. The van der Waals surface area contributed by atoms with Gasteiger partial charge in [-0.3, -0.25) is 9.48 Å². The third-order valence-electron chi connectivity index (χ3n) is 5.56. The lowest BCUT2D eigenvalue weighted by Crippen LogP contribution is -2.38. The first-order chi connectivity index (χ1) is 14.5. The molecule has 0 N–H and O–H groups in total. The van der Waals surface area contributed by atoms with Crippen molar-refractivity contribution in [3.05, 3.63) is 82.7 Å². The van der Waals surface area contributed by atoms with Crippen LogP contribution in [0, 0.1) is 13.8 Å². The molecule has 1 atom stereocenters. The number of rotatable bonds is 5. The molecule has 0 saturated heterocycles. The van der Waals surface area contributed by atoms with Crippen molar-refractivity contribution in [2.75, 3.05) is 11.5 Å². The van der Waals surface area contributed by atoms with Crippen LogP contribution in [0.3, 0.4) is 0 Å². The Labute approximate surface area is 176 Å². The number of ether oxygens (including phenoxy) is 1. The number of amides is 1. The van der Waals surface area contributed by atoms with Crippen molar-refractivity contribution in [2.24, 2.45) is 0 Å². The number of anilines is 1. The van der Waals surface area contributed by atoms with Crippen molar-refractivity contribution in [3.63, 3.8) is 0 Å². The van der Waals surface area contributed by atoms with Crippen LogP contribution in [0.25, 0.3) is 0 Å². The van der Waals surface area contributed by atoms with Gasteiger partial charge in [-0.05, 0) is 44.4 Å². The summed E-state index contributed by atoms with van der Waals surface area (Å²) in [4.78, 5) is 27.3. The molecule has 0 aliphatic carbocycles. The van der Waals surface area contributed by atoms with E-state index in [1.54, 1.807) is 16.5 Å². The number of hydrogen-bond donors (Lipinski definition) is 0. The standard InChI is InChI=1S/C24H25N3O3/c1-16-13-20-11-7-8-12-21(20)27(16)22(28)15-30-24(29)23-17(2)25-26(18(23)3)14-19-9-5-4-6-10-19/h4-12,16H,13-15H2,1-3H3. The molecule has 1 unspecified atom stereocenters. The third kappa shape index (κ3) is 3.73. The Kier molecular flexibility index (Phi) is 5.40. The number of nitrogens with zero attached hydrogens (tertiary/aromatic N) is 3.